The highest BCUT2D eigenvalue weighted by Crippen LogP contribution is 2.47. The average molecular weight is 447 g/mol. The van der Waals surface area contributed by atoms with Gasteiger partial charge in [0, 0.05) is 18.1 Å². The highest BCUT2D eigenvalue weighted by Gasteiger charge is 2.57. The second-order valence-corrected chi connectivity index (χ2v) is 8.12. The number of rotatable bonds is 8. The molecule has 4 rings (SSSR count). The van der Waals surface area contributed by atoms with E-state index in [1.807, 2.05) is 24.3 Å². The lowest BCUT2D eigenvalue weighted by Crippen LogP contribution is -2.61. The lowest BCUT2D eigenvalue weighted by atomic mass is 9.82. The number of amides is 2. The summed E-state index contributed by atoms with van der Waals surface area (Å²) in [7, 11) is 0. The van der Waals surface area contributed by atoms with E-state index in [0.29, 0.717) is 17.7 Å². The summed E-state index contributed by atoms with van der Waals surface area (Å²) in [5, 5.41) is 12.8. The first-order valence-corrected chi connectivity index (χ1v) is 10.7. The van der Waals surface area contributed by atoms with Gasteiger partial charge in [-0.15, -0.1) is 0 Å². The number of anilines is 1. The van der Waals surface area contributed by atoms with Crippen molar-refractivity contribution in [3.05, 3.63) is 78.3 Å². The molecule has 0 bridgehead atoms. The first kappa shape index (κ1) is 22.4. The Kier molecular flexibility index (Phi) is 6.37. The van der Waals surface area contributed by atoms with Crippen LogP contribution >= 0.6 is 0 Å². The van der Waals surface area contributed by atoms with Gasteiger partial charge >= 0.3 is 5.97 Å². The summed E-state index contributed by atoms with van der Waals surface area (Å²) in [6.07, 6.45) is 4.51. The lowest BCUT2D eigenvalue weighted by molar-refractivity contribution is -0.162. The van der Waals surface area contributed by atoms with Crippen LogP contribution in [0.5, 0.6) is 0 Å². The van der Waals surface area contributed by atoms with Crippen LogP contribution in [0.2, 0.25) is 0 Å². The Balaban J connectivity index is 1.54. The molecule has 170 valence electrons. The number of nitrogens with one attached hydrogen (secondary N) is 1. The monoisotopic (exact) mass is 447 g/mol. The highest BCUT2D eigenvalue weighted by atomic mass is 16.5. The molecule has 1 fully saturated rings. The molecule has 2 N–H and O–H groups in total. The van der Waals surface area contributed by atoms with E-state index in [2.05, 4.69) is 16.9 Å². The zero-order valence-electron chi connectivity index (χ0n) is 18.2. The molecule has 0 aliphatic carbocycles. The van der Waals surface area contributed by atoms with E-state index >= 15 is 0 Å². The summed E-state index contributed by atoms with van der Waals surface area (Å²) in [5.74, 6) is -1.57. The topological polar surface area (TPSA) is 109 Å². The molecule has 0 unspecified atom stereocenters. The van der Waals surface area contributed by atoms with Gasteiger partial charge in [-0.25, -0.2) is 4.79 Å². The van der Waals surface area contributed by atoms with Gasteiger partial charge < -0.3 is 20.1 Å². The Morgan fingerprint density at radius 3 is 2.61 bits per heavy atom. The minimum absolute atomic E-state index is 0.0354. The van der Waals surface area contributed by atoms with E-state index in [4.69, 9.17) is 4.74 Å². The second-order valence-electron chi connectivity index (χ2n) is 8.12. The fourth-order valence-electron chi connectivity index (χ4n) is 4.37. The van der Waals surface area contributed by atoms with Crippen LogP contribution < -0.4 is 5.32 Å². The molecule has 2 aliphatic rings. The van der Waals surface area contributed by atoms with Crippen LogP contribution in [0.15, 0.2) is 67.1 Å². The van der Waals surface area contributed by atoms with Crippen molar-refractivity contribution in [3.63, 3.8) is 0 Å². The van der Waals surface area contributed by atoms with Gasteiger partial charge in [0.25, 0.3) is 0 Å². The smallest absolute Gasteiger partial charge is 0.355 e. The number of β-lactam (4-membered cyclic amide) rings is 1. The molecular formula is C25H25N3O5. The molecule has 3 heterocycles. The molecule has 8 heteroatoms. The first-order valence-electron chi connectivity index (χ1n) is 10.7. The van der Waals surface area contributed by atoms with Crippen molar-refractivity contribution >= 4 is 29.0 Å². The number of esters is 1. The first-order chi connectivity index (χ1) is 15.9. The van der Waals surface area contributed by atoms with E-state index in [9.17, 15) is 19.5 Å². The number of benzene rings is 1. The van der Waals surface area contributed by atoms with Gasteiger partial charge in [-0.1, -0.05) is 36.9 Å². The van der Waals surface area contributed by atoms with Gasteiger partial charge in [0.1, 0.15) is 12.3 Å². The SMILES string of the molecule is C=CCOC(=O)C1=C(c2ccc(CC(=O)Nc3ccncc3)cc2)C[C@@H]2[C@@H]([C@@H](C)O)C(=O)N12. The number of pyridine rings is 1. The number of fused-ring (bicyclic) bond motifs is 1. The Morgan fingerprint density at radius 1 is 1.27 bits per heavy atom. The number of nitrogens with zero attached hydrogens (tertiary/aromatic N) is 2. The third-order valence-corrected chi connectivity index (χ3v) is 5.89. The van der Waals surface area contributed by atoms with E-state index in [1.54, 1.807) is 31.5 Å². The zero-order valence-corrected chi connectivity index (χ0v) is 18.2. The molecule has 0 saturated carbocycles. The number of carbonyl (C=O) groups excluding carboxylic acids is 3. The predicted molar refractivity (Wildman–Crippen MR) is 122 cm³/mol. The summed E-state index contributed by atoms with van der Waals surface area (Å²) in [6.45, 7) is 5.17. The van der Waals surface area contributed by atoms with Crippen molar-refractivity contribution in [1.82, 2.24) is 9.88 Å². The van der Waals surface area contributed by atoms with Crippen LogP contribution in [0.25, 0.3) is 5.57 Å². The molecule has 1 saturated heterocycles. The summed E-state index contributed by atoms with van der Waals surface area (Å²) < 4.78 is 5.23. The van der Waals surface area contributed by atoms with Crippen molar-refractivity contribution in [3.8, 4) is 0 Å². The van der Waals surface area contributed by atoms with E-state index in [1.165, 1.54) is 11.0 Å². The molecule has 8 nitrogen and oxygen atoms in total. The summed E-state index contributed by atoms with van der Waals surface area (Å²) in [5.41, 5.74) is 3.16. The standard InChI is InChI=1S/C25H25N3O5/c1-3-12-33-25(32)23-19(14-20-22(15(2)29)24(31)28(20)23)17-6-4-16(5-7-17)13-21(30)27-18-8-10-26-11-9-18/h3-11,15,20,22,29H,1,12-14H2,2H3,(H,26,27,30)/t15-,20-,22-/m1/s1. The molecule has 1 aromatic carbocycles. The van der Waals surface area contributed by atoms with Crippen molar-refractivity contribution in [1.29, 1.82) is 0 Å². The molecule has 33 heavy (non-hydrogen) atoms. The lowest BCUT2D eigenvalue weighted by Gasteiger charge is -2.44. The van der Waals surface area contributed by atoms with Crippen LogP contribution in [-0.2, 0) is 25.5 Å². The van der Waals surface area contributed by atoms with Gasteiger partial charge in [-0.05, 0) is 42.2 Å². The van der Waals surface area contributed by atoms with Gasteiger partial charge in [-0.3, -0.25) is 14.6 Å². The van der Waals surface area contributed by atoms with Crippen LogP contribution in [0.4, 0.5) is 5.69 Å². The number of ether oxygens (including phenoxy) is 1. The molecule has 2 aromatic rings. The maximum Gasteiger partial charge on any atom is 0.355 e. The van der Waals surface area contributed by atoms with Crippen molar-refractivity contribution in [2.45, 2.75) is 31.9 Å². The number of carbonyl (C=O) groups is 3. The van der Waals surface area contributed by atoms with Gasteiger partial charge in [0.15, 0.2) is 0 Å². The third-order valence-electron chi connectivity index (χ3n) is 5.89. The fourth-order valence-corrected chi connectivity index (χ4v) is 4.37. The van der Waals surface area contributed by atoms with Crippen LogP contribution in [0, 0.1) is 5.92 Å². The van der Waals surface area contributed by atoms with E-state index < -0.39 is 18.0 Å². The highest BCUT2D eigenvalue weighted by molar-refractivity contribution is 6.06. The number of aliphatic hydroxyl groups excluding tert-OH is 1. The van der Waals surface area contributed by atoms with Gasteiger partial charge in [-0.2, -0.15) is 0 Å². The normalized spacial score (nSPS) is 20.1. The number of hydrogen-bond donors (Lipinski definition) is 2. The molecule has 0 spiro atoms. The Morgan fingerprint density at radius 2 is 1.97 bits per heavy atom. The quantitative estimate of drug-likeness (QED) is 0.365. The molecule has 1 aromatic heterocycles. The molecule has 3 atom stereocenters. The van der Waals surface area contributed by atoms with Crippen LogP contribution in [-0.4, -0.2) is 51.5 Å². The maximum atomic E-state index is 12.7. The molecule has 2 amide bonds. The number of aliphatic hydroxyl groups is 1. The Bertz CT molecular complexity index is 1110. The molecule has 2 aliphatic heterocycles. The number of hydrogen-bond acceptors (Lipinski definition) is 6. The van der Waals surface area contributed by atoms with Crippen molar-refractivity contribution < 1.29 is 24.2 Å². The van der Waals surface area contributed by atoms with Crippen molar-refractivity contribution in [2.24, 2.45) is 5.92 Å². The van der Waals surface area contributed by atoms with Gasteiger partial charge in [0.2, 0.25) is 11.8 Å². The summed E-state index contributed by atoms with van der Waals surface area (Å²) >= 11 is 0. The predicted octanol–water partition coefficient (Wildman–Crippen LogP) is 2.31. The van der Waals surface area contributed by atoms with Gasteiger partial charge in [0.05, 0.1) is 24.5 Å². The second kappa shape index (κ2) is 9.38. The van der Waals surface area contributed by atoms with E-state index in [0.717, 1.165) is 11.1 Å². The molecular weight excluding hydrogens is 422 g/mol. The van der Waals surface area contributed by atoms with Crippen LogP contribution in [0.1, 0.15) is 24.5 Å². The zero-order chi connectivity index (χ0) is 23.5. The minimum Gasteiger partial charge on any atom is -0.457 e. The summed E-state index contributed by atoms with van der Waals surface area (Å²) in [4.78, 5) is 43.1. The average Bonchev–Trinajstić information content (AvgIpc) is 3.13. The largest absolute Gasteiger partial charge is 0.457 e. The fraction of sp³-hybridized carbons (Fsp3) is 0.280. The van der Waals surface area contributed by atoms with E-state index in [-0.39, 0.29) is 36.6 Å². The maximum absolute atomic E-state index is 12.7. The Hall–Kier alpha value is -3.78. The minimum atomic E-state index is -0.801. The summed E-state index contributed by atoms with van der Waals surface area (Å²) in [6, 6.07) is 10.5. The van der Waals surface area contributed by atoms with Crippen molar-refractivity contribution in [2.75, 3.05) is 11.9 Å². The molecule has 0 radical (unpaired) electrons. The Labute approximate surface area is 191 Å². The third kappa shape index (κ3) is 4.42. The van der Waals surface area contributed by atoms with Crippen LogP contribution in [0.3, 0.4) is 0 Å². The number of aromatic nitrogens is 1.